The second kappa shape index (κ2) is 7.12. The number of likely N-dealkylation sites (tertiary alicyclic amines) is 1. The van der Waals surface area contributed by atoms with Crippen molar-refractivity contribution in [2.75, 3.05) is 31.6 Å². The summed E-state index contributed by atoms with van der Waals surface area (Å²) in [5.74, 6) is 1.30. The molecule has 1 N–H and O–H groups in total. The van der Waals surface area contributed by atoms with Crippen LogP contribution in [0.4, 0.5) is 5.82 Å². The molecule has 0 aromatic carbocycles. The summed E-state index contributed by atoms with van der Waals surface area (Å²) in [5, 5.41) is 6.55. The number of aromatic nitrogens is 1. The molecule has 0 atom stereocenters. The molecule has 0 radical (unpaired) electrons. The quantitative estimate of drug-likeness (QED) is 0.914. The maximum Gasteiger partial charge on any atom is 0.228 e. The van der Waals surface area contributed by atoms with Crippen LogP contribution in [0.3, 0.4) is 0 Å². The molecule has 0 spiro atoms. The standard InChI is InChI=1S/C16H23N3O4/c1-11-10-14(18-23-11)17-15(20)12-2-6-19(7-3-12)16(21)13-4-8-22-9-5-13/h10,12-13H,2-9H2,1H3,(H,17,18,20). The minimum Gasteiger partial charge on any atom is -0.381 e. The predicted molar refractivity (Wildman–Crippen MR) is 82.7 cm³/mol. The van der Waals surface area contributed by atoms with Gasteiger partial charge in [-0.25, -0.2) is 0 Å². The van der Waals surface area contributed by atoms with Gasteiger partial charge in [-0.05, 0) is 32.6 Å². The van der Waals surface area contributed by atoms with Crippen LogP contribution in [0.5, 0.6) is 0 Å². The lowest BCUT2D eigenvalue weighted by Gasteiger charge is -2.34. The molecule has 2 amide bonds. The Bertz CT molecular complexity index is 557. The Morgan fingerprint density at radius 1 is 1.17 bits per heavy atom. The fraction of sp³-hybridized carbons (Fsp3) is 0.688. The number of anilines is 1. The SMILES string of the molecule is Cc1cc(NC(=O)C2CCN(C(=O)C3CCOCC3)CC2)no1. The first-order chi connectivity index (χ1) is 11.1. The number of nitrogens with one attached hydrogen (secondary N) is 1. The van der Waals surface area contributed by atoms with Gasteiger partial charge in [0.25, 0.3) is 0 Å². The molecule has 0 unspecified atom stereocenters. The molecule has 126 valence electrons. The van der Waals surface area contributed by atoms with Gasteiger partial charge in [-0.15, -0.1) is 0 Å². The van der Waals surface area contributed by atoms with E-state index in [1.54, 1.807) is 13.0 Å². The predicted octanol–water partition coefficient (Wildman–Crippen LogP) is 1.59. The number of carbonyl (C=O) groups is 2. The van der Waals surface area contributed by atoms with E-state index in [1.165, 1.54) is 0 Å². The largest absolute Gasteiger partial charge is 0.381 e. The van der Waals surface area contributed by atoms with Crippen LogP contribution in [0, 0.1) is 18.8 Å². The number of carbonyl (C=O) groups excluding carboxylic acids is 2. The third kappa shape index (κ3) is 3.90. The zero-order valence-corrected chi connectivity index (χ0v) is 13.4. The number of aryl methyl sites for hydroxylation is 1. The van der Waals surface area contributed by atoms with Gasteiger partial charge in [0, 0.05) is 44.2 Å². The Morgan fingerprint density at radius 3 is 2.48 bits per heavy atom. The van der Waals surface area contributed by atoms with Crippen molar-refractivity contribution in [3.05, 3.63) is 11.8 Å². The molecule has 23 heavy (non-hydrogen) atoms. The first-order valence-corrected chi connectivity index (χ1v) is 8.24. The molecule has 0 aliphatic carbocycles. The fourth-order valence-electron chi connectivity index (χ4n) is 3.22. The molecule has 2 fully saturated rings. The molecule has 2 aliphatic rings. The smallest absolute Gasteiger partial charge is 0.228 e. The van der Waals surface area contributed by atoms with E-state index >= 15 is 0 Å². The van der Waals surface area contributed by atoms with Crippen molar-refractivity contribution in [2.45, 2.75) is 32.6 Å². The molecule has 7 nitrogen and oxygen atoms in total. The van der Waals surface area contributed by atoms with Crippen molar-refractivity contribution >= 4 is 17.6 Å². The third-order valence-electron chi connectivity index (χ3n) is 4.63. The highest BCUT2D eigenvalue weighted by atomic mass is 16.5. The zero-order chi connectivity index (χ0) is 16.2. The Hall–Kier alpha value is -1.89. The minimum absolute atomic E-state index is 0.0449. The van der Waals surface area contributed by atoms with Crippen LogP contribution in [0.2, 0.25) is 0 Å². The molecule has 3 heterocycles. The summed E-state index contributed by atoms with van der Waals surface area (Å²) >= 11 is 0. The van der Waals surface area contributed by atoms with Gasteiger partial charge in [-0.1, -0.05) is 5.16 Å². The van der Waals surface area contributed by atoms with E-state index in [-0.39, 0.29) is 23.7 Å². The Labute approximate surface area is 135 Å². The van der Waals surface area contributed by atoms with Gasteiger partial charge in [0.05, 0.1) is 0 Å². The molecule has 0 bridgehead atoms. The summed E-state index contributed by atoms with van der Waals surface area (Å²) < 4.78 is 10.2. The molecule has 1 aromatic heterocycles. The molecular weight excluding hydrogens is 298 g/mol. The molecule has 7 heteroatoms. The van der Waals surface area contributed by atoms with Gasteiger partial charge in [0.2, 0.25) is 11.8 Å². The summed E-state index contributed by atoms with van der Waals surface area (Å²) in [7, 11) is 0. The van der Waals surface area contributed by atoms with E-state index in [0.717, 1.165) is 12.8 Å². The number of piperidine rings is 1. The third-order valence-corrected chi connectivity index (χ3v) is 4.63. The van der Waals surface area contributed by atoms with Crippen molar-refractivity contribution in [1.29, 1.82) is 0 Å². The van der Waals surface area contributed by atoms with Crippen molar-refractivity contribution in [2.24, 2.45) is 11.8 Å². The monoisotopic (exact) mass is 321 g/mol. The lowest BCUT2D eigenvalue weighted by Crippen LogP contribution is -2.45. The van der Waals surface area contributed by atoms with Crippen LogP contribution in [0.25, 0.3) is 0 Å². The highest BCUT2D eigenvalue weighted by molar-refractivity contribution is 5.91. The second-order valence-corrected chi connectivity index (χ2v) is 6.30. The highest BCUT2D eigenvalue weighted by Crippen LogP contribution is 2.24. The number of hydrogen-bond acceptors (Lipinski definition) is 5. The van der Waals surface area contributed by atoms with E-state index in [1.807, 2.05) is 4.90 Å². The van der Waals surface area contributed by atoms with Crippen molar-refractivity contribution in [3.8, 4) is 0 Å². The number of ether oxygens (including phenoxy) is 1. The number of rotatable bonds is 3. The molecule has 2 saturated heterocycles. The van der Waals surface area contributed by atoms with Crippen LogP contribution in [0.1, 0.15) is 31.4 Å². The molecular formula is C16H23N3O4. The van der Waals surface area contributed by atoms with Crippen LogP contribution < -0.4 is 5.32 Å². The van der Waals surface area contributed by atoms with Gasteiger partial charge in [-0.3, -0.25) is 9.59 Å². The first-order valence-electron chi connectivity index (χ1n) is 8.24. The van der Waals surface area contributed by atoms with E-state index in [4.69, 9.17) is 9.26 Å². The Kier molecular flexibility index (Phi) is 4.95. The summed E-state index contributed by atoms with van der Waals surface area (Å²) in [4.78, 5) is 26.6. The van der Waals surface area contributed by atoms with E-state index in [0.29, 0.717) is 50.7 Å². The Morgan fingerprint density at radius 2 is 1.87 bits per heavy atom. The first kappa shape index (κ1) is 16.0. The Balaban J connectivity index is 1.47. The van der Waals surface area contributed by atoms with Crippen LogP contribution >= 0.6 is 0 Å². The topological polar surface area (TPSA) is 84.7 Å². The van der Waals surface area contributed by atoms with E-state index in [2.05, 4.69) is 10.5 Å². The summed E-state index contributed by atoms with van der Waals surface area (Å²) in [6.07, 6.45) is 3.00. The number of nitrogens with zero attached hydrogens (tertiary/aromatic N) is 2. The van der Waals surface area contributed by atoms with E-state index in [9.17, 15) is 9.59 Å². The average molecular weight is 321 g/mol. The van der Waals surface area contributed by atoms with Crippen LogP contribution in [0.15, 0.2) is 10.6 Å². The number of amides is 2. The zero-order valence-electron chi connectivity index (χ0n) is 13.4. The summed E-state index contributed by atoms with van der Waals surface area (Å²) in [6, 6.07) is 1.70. The summed E-state index contributed by atoms with van der Waals surface area (Å²) in [5.41, 5.74) is 0. The van der Waals surface area contributed by atoms with Crippen molar-refractivity contribution < 1.29 is 18.8 Å². The van der Waals surface area contributed by atoms with Gasteiger partial charge >= 0.3 is 0 Å². The maximum absolute atomic E-state index is 12.5. The summed E-state index contributed by atoms with van der Waals surface area (Å²) in [6.45, 7) is 4.42. The van der Waals surface area contributed by atoms with E-state index < -0.39 is 0 Å². The molecule has 1 aromatic rings. The number of hydrogen-bond donors (Lipinski definition) is 1. The molecule has 0 saturated carbocycles. The van der Waals surface area contributed by atoms with Gasteiger partial charge in [-0.2, -0.15) is 0 Å². The average Bonchev–Trinajstić information content (AvgIpc) is 3.00. The van der Waals surface area contributed by atoms with Gasteiger partial charge in [0.15, 0.2) is 5.82 Å². The lowest BCUT2D eigenvalue weighted by atomic mass is 9.93. The molecule has 2 aliphatic heterocycles. The van der Waals surface area contributed by atoms with Crippen LogP contribution in [-0.2, 0) is 14.3 Å². The lowest BCUT2D eigenvalue weighted by molar-refractivity contribution is -0.141. The van der Waals surface area contributed by atoms with Crippen molar-refractivity contribution in [3.63, 3.8) is 0 Å². The molecule has 3 rings (SSSR count). The maximum atomic E-state index is 12.5. The van der Waals surface area contributed by atoms with Gasteiger partial charge < -0.3 is 19.5 Å². The minimum atomic E-state index is -0.0780. The van der Waals surface area contributed by atoms with Crippen LogP contribution in [-0.4, -0.2) is 48.2 Å². The highest BCUT2D eigenvalue weighted by Gasteiger charge is 2.31. The normalized spacial score (nSPS) is 20.5. The second-order valence-electron chi connectivity index (χ2n) is 6.30. The fourth-order valence-corrected chi connectivity index (χ4v) is 3.22. The van der Waals surface area contributed by atoms with Crippen molar-refractivity contribution in [1.82, 2.24) is 10.1 Å². The van der Waals surface area contributed by atoms with Gasteiger partial charge in [0.1, 0.15) is 5.76 Å².